The topological polar surface area (TPSA) is 41.6 Å². The van der Waals surface area contributed by atoms with Gasteiger partial charge in [-0.3, -0.25) is 4.79 Å². The van der Waals surface area contributed by atoms with Gasteiger partial charge in [0.25, 0.3) is 0 Å². The Hall–Kier alpha value is -1.71. The van der Waals surface area contributed by atoms with Crippen LogP contribution in [0.15, 0.2) is 24.3 Å². The molecule has 1 aromatic rings. The number of piperidine rings is 1. The summed E-state index contributed by atoms with van der Waals surface area (Å²) in [6, 6.07) is 8.39. The largest absolute Gasteiger partial charge is 0.497 e. The van der Waals surface area contributed by atoms with E-state index in [1.807, 2.05) is 12.1 Å². The number of rotatable bonds is 4. The highest BCUT2D eigenvalue weighted by Gasteiger charge is 2.24. The van der Waals surface area contributed by atoms with Gasteiger partial charge >= 0.3 is 0 Å². The van der Waals surface area contributed by atoms with Gasteiger partial charge in [0.05, 0.1) is 7.11 Å². The van der Waals surface area contributed by atoms with Crippen LogP contribution >= 0.6 is 0 Å². The van der Waals surface area contributed by atoms with Crippen molar-refractivity contribution in [2.45, 2.75) is 31.7 Å². The summed E-state index contributed by atoms with van der Waals surface area (Å²) in [6.07, 6.45) is 4.05. The van der Waals surface area contributed by atoms with Crippen molar-refractivity contribution in [2.24, 2.45) is 0 Å². The fraction of sp³-hybridized carbons (Fsp3) is 0.533. The van der Waals surface area contributed by atoms with Crippen LogP contribution in [0.4, 0.5) is 5.69 Å². The third-order valence-electron chi connectivity index (χ3n) is 3.73. The third kappa shape index (κ3) is 3.40. The van der Waals surface area contributed by atoms with E-state index in [2.05, 4.69) is 22.3 Å². The number of hydrogen-bond donors (Lipinski definition) is 1. The molecule has 4 heteroatoms. The second kappa shape index (κ2) is 6.45. The van der Waals surface area contributed by atoms with Gasteiger partial charge in [-0.2, -0.15) is 0 Å². The van der Waals surface area contributed by atoms with E-state index in [0.29, 0.717) is 12.5 Å². The van der Waals surface area contributed by atoms with E-state index in [9.17, 15) is 4.79 Å². The lowest BCUT2D eigenvalue weighted by Crippen LogP contribution is -2.42. The van der Waals surface area contributed by atoms with Gasteiger partial charge in [-0.25, -0.2) is 0 Å². The van der Waals surface area contributed by atoms with Gasteiger partial charge in [-0.05, 0) is 43.5 Å². The van der Waals surface area contributed by atoms with E-state index in [1.54, 1.807) is 14.2 Å². The number of amides is 1. The highest BCUT2D eigenvalue weighted by molar-refractivity contribution is 5.76. The van der Waals surface area contributed by atoms with Gasteiger partial charge in [0.15, 0.2) is 0 Å². The fourth-order valence-electron chi connectivity index (χ4n) is 2.64. The summed E-state index contributed by atoms with van der Waals surface area (Å²) in [6.45, 7) is 1.02. The molecule has 1 N–H and O–H groups in total. The van der Waals surface area contributed by atoms with E-state index in [-0.39, 0.29) is 5.91 Å². The molecule has 1 aromatic carbocycles. The van der Waals surface area contributed by atoms with Gasteiger partial charge in [-0.15, -0.1) is 0 Å². The quantitative estimate of drug-likeness (QED) is 0.904. The fourth-order valence-corrected chi connectivity index (χ4v) is 2.64. The van der Waals surface area contributed by atoms with Crippen molar-refractivity contribution in [3.63, 3.8) is 0 Å². The number of hydrogen-bond acceptors (Lipinski definition) is 3. The zero-order chi connectivity index (χ0) is 13.7. The molecule has 4 nitrogen and oxygen atoms in total. The number of anilines is 1. The molecule has 1 amide bonds. The minimum Gasteiger partial charge on any atom is -0.497 e. The summed E-state index contributed by atoms with van der Waals surface area (Å²) in [5.41, 5.74) is 1.18. The van der Waals surface area contributed by atoms with Gasteiger partial charge in [-0.1, -0.05) is 0 Å². The van der Waals surface area contributed by atoms with Crippen LogP contribution in [-0.2, 0) is 4.79 Å². The van der Waals surface area contributed by atoms with Crippen molar-refractivity contribution >= 4 is 11.6 Å². The van der Waals surface area contributed by atoms with Crippen LogP contribution < -0.4 is 15.0 Å². The smallest absolute Gasteiger partial charge is 0.221 e. The summed E-state index contributed by atoms with van der Waals surface area (Å²) in [5.74, 6) is 0.981. The first-order chi connectivity index (χ1) is 9.24. The molecule has 1 atom stereocenters. The molecule has 104 valence electrons. The number of nitrogens with one attached hydrogen (secondary N) is 1. The minimum absolute atomic E-state index is 0.116. The Morgan fingerprint density at radius 2 is 2.11 bits per heavy atom. The number of methoxy groups -OCH3 is 1. The molecular formula is C15H22N2O2. The Balaban J connectivity index is 2.11. The first kappa shape index (κ1) is 13.7. The molecule has 0 bridgehead atoms. The van der Waals surface area contributed by atoms with E-state index in [0.717, 1.165) is 18.7 Å². The van der Waals surface area contributed by atoms with Gasteiger partial charge in [0.2, 0.25) is 5.91 Å². The highest BCUT2D eigenvalue weighted by Crippen LogP contribution is 2.28. The van der Waals surface area contributed by atoms with Crippen molar-refractivity contribution in [3.05, 3.63) is 24.3 Å². The molecular weight excluding hydrogens is 240 g/mol. The summed E-state index contributed by atoms with van der Waals surface area (Å²) in [5, 5.41) is 2.72. The average molecular weight is 262 g/mol. The Morgan fingerprint density at radius 3 is 2.74 bits per heavy atom. The molecule has 1 fully saturated rings. The SMILES string of the molecule is CNC(=O)C[C@@H]1CCCCN1c1ccc(OC)cc1. The molecule has 1 heterocycles. The van der Waals surface area contributed by atoms with Gasteiger partial charge < -0.3 is 15.0 Å². The predicted octanol–water partition coefficient (Wildman–Crippen LogP) is 2.19. The lowest BCUT2D eigenvalue weighted by molar-refractivity contribution is -0.121. The Labute approximate surface area is 114 Å². The molecule has 0 aromatic heterocycles. The number of carbonyl (C=O) groups is 1. The lowest BCUT2D eigenvalue weighted by Gasteiger charge is -2.37. The van der Waals surface area contributed by atoms with Crippen molar-refractivity contribution < 1.29 is 9.53 Å². The number of ether oxygens (including phenoxy) is 1. The first-order valence-electron chi connectivity index (χ1n) is 6.86. The minimum atomic E-state index is 0.116. The number of benzene rings is 1. The molecule has 0 aliphatic carbocycles. The van der Waals surface area contributed by atoms with E-state index in [4.69, 9.17) is 4.74 Å². The van der Waals surface area contributed by atoms with Gasteiger partial charge in [0.1, 0.15) is 5.75 Å². The molecule has 19 heavy (non-hydrogen) atoms. The Kier molecular flexibility index (Phi) is 4.66. The maximum Gasteiger partial charge on any atom is 0.221 e. The second-order valence-corrected chi connectivity index (χ2v) is 4.92. The normalized spacial score (nSPS) is 19.1. The maximum atomic E-state index is 11.6. The van der Waals surface area contributed by atoms with Crippen molar-refractivity contribution in [3.8, 4) is 5.75 Å². The standard InChI is InChI=1S/C15H22N2O2/c1-16-15(18)11-13-5-3-4-10-17(13)12-6-8-14(19-2)9-7-12/h6-9,13H,3-5,10-11H2,1-2H3,(H,16,18)/t13-/m0/s1. The highest BCUT2D eigenvalue weighted by atomic mass is 16.5. The molecule has 0 radical (unpaired) electrons. The Bertz CT molecular complexity index is 417. The molecule has 0 saturated carbocycles. The monoisotopic (exact) mass is 262 g/mol. The van der Waals surface area contributed by atoms with E-state index < -0.39 is 0 Å². The predicted molar refractivity (Wildman–Crippen MR) is 76.7 cm³/mol. The average Bonchev–Trinajstić information content (AvgIpc) is 2.48. The molecule has 2 rings (SSSR count). The number of carbonyl (C=O) groups excluding carboxylic acids is 1. The first-order valence-corrected chi connectivity index (χ1v) is 6.86. The van der Waals surface area contributed by atoms with Crippen LogP contribution in [0.2, 0.25) is 0 Å². The van der Waals surface area contributed by atoms with Crippen LogP contribution in [0.3, 0.4) is 0 Å². The zero-order valence-corrected chi connectivity index (χ0v) is 11.7. The summed E-state index contributed by atoms with van der Waals surface area (Å²) >= 11 is 0. The lowest BCUT2D eigenvalue weighted by atomic mass is 9.98. The van der Waals surface area contributed by atoms with E-state index >= 15 is 0 Å². The van der Waals surface area contributed by atoms with Crippen LogP contribution in [0.5, 0.6) is 5.75 Å². The number of nitrogens with zero attached hydrogens (tertiary/aromatic N) is 1. The maximum absolute atomic E-state index is 11.6. The second-order valence-electron chi connectivity index (χ2n) is 4.92. The van der Waals surface area contributed by atoms with Gasteiger partial charge in [0, 0.05) is 31.7 Å². The Morgan fingerprint density at radius 1 is 1.37 bits per heavy atom. The molecule has 1 saturated heterocycles. The summed E-state index contributed by atoms with van der Waals surface area (Å²) < 4.78 is 5.18. The molecule has 0 unspecified atom stereocenters. The van der Waals surface area contributed by atoms with Crippen LogP contribution in [0.1, 0.15) is 25.7 Å². The zero-order valence-electron chi connectivity index (χ0n) is 11.7. The van der Waals surface area contributed by atoms with Crippen LogP contribution in [0, 0.1) is 0 Å². The van der Waals surface area contributed by atoms with Crippen molar-refractivity contribution in [1.82, 2.24) is 5.32 Å². The van der Waals surface area contributed by atoms with E-state index in [1.165, 1.54) is 18.5 Å². The third-order valence-corrected chi connectivity index (χ3v) is 3.73. The van der Waals surface area contributed by atoms with Crippen molar-refractivity contribution in [1.29, 1.82) is 0 Å². The van der Waals surface area contributed by atoms with Crippen LogP contribution in [0.25, 0.3) is 0 Å². The summed E-state index contributed by atoms with van der Waals surface area (Å²) in [7, 11) is 3.37. The molecule has 1 aliphatic heterocycles. The van der Waals surface area contributed by atoms with Crippen LogP contribution in [-0.4, -0.2) is 32.7 Å². The summed E-state index contributed by atoms with van der Waals surface area (Å²) in [4.78, 5) is 13.9. The van der Waals surface area contributed by atoms with Crippen molar-refractivity contribution in [2.75, 3.05) is 25.6 Å². The molecule has 0 spiro atoms. The molecule has 1 aliphatic rings.